The molecule has 18 heavy (non-hydrogen) atoms. The number of carbonyl (C=O) groups is 1. The van der Waals surface area contributed by atoms with Crippen LogP contribution < -0.4 is 4.74 Å². The molecule has 0 aromatic heterocycles. The third-order valence-electron chi connectivity index (χ3n) is 3.95. The number of methoxy groups -OCH3 is 1. The van der Waals surface area contributed by atoms with Gasteiger partial charge >= 0.3 is 0 Å². The maximum atomic E-state index is 12.1. The van der Waals surface area contributed by atoms with Crippen LogP contribution in [0.15, 0.2) is 18.2 Å². The number of carbonyl (C=O) groups excluding carboxylic acids is 1. The third-order valence-corrected chi connectivity index (χ3v) is 3.95. The zero-order chi connectivity index (χ0) is 12.5. The van der Waals surface area contributed by atoms with Gasteiger partial charge in [0.2, 0.25) is 5.91 Å². The molecular formula is C15H19NO2. The Labute approximate surface area is 108 Å². The van der Waals surface area contributed by atoms with Crippen LogP contribution in [0.5, 0.6) is 5.75 Å². The fourth-order valence-electron chi connectivity index (χ4n) is 2.64. The minimum Gasteiger partial charge on any atom is -0.497 e. The Balaban J connectivity index is 1.75. The minimum atomic E-state index is 0.334. The number of benzene rings is 1. The topological polar surface area (TPSA) is 29.5 Å². The van der Waals surface area contributed by atoms with Gasteiger partial charge in [-0.05, 0) is 48.9 Å². The van der Waals surface area contributed by atoms with Crippen molar-refractivity contribution in [2.24, 2.45) is 5.92 Å². The molecule has 96 valence electrons. The van der Waals surface area contributed by atoms with E-state index in [1.54, 1.807) is 7.11 Å². The van der Waals surface area contributed by atoms with Gasteiger partial charge in [0.1, 0.15) is 5.75 Å². The van der Waals surface area contributed by atoms with Gasteiger partial charge < -0.3 is 9.64 Å². The van der Waals surface area contributed by atoms with Crippen molar-refractivity contribution in [1.82, 2.24) is 4.90 Å². The van der Waals surface area contributed by atoms with Gasteiger partial charge in [0.15, 0.2) is 0 Å². The molecule has 0 atom stereocenters. The first kappa shape index (κ1) is 11.6. The molecule has 1 fully saturated rings. The summed E-state index contributed by atoms with van der Waals surface area (Å²) in [5.41, 5.74) is 2.70. The van der Waals surface area contributed by atoms with Gasteiger partial charge in [-0.25, -0.2) is 0 Å². The molecule has 0 N–H and O–H groups in total. The summed E-state index contributed by atoms with van der Waals surface area (Å²) >= 11 is 0. The average molecular weight is 245 g/mol. The summed E-state index contributed by atoms with van der Waals surface area (Å²) in [6.45, 7) is 1.73. The van der Waals surface area contributed by atoms with Crippen molar-refractivity contribution in [1.29, 1.82) is 0 Å². The van der Waals surface area contributed by atoms with Gasteiger partial charge in [0.05, 0.1) is 7.11 Å². The van der Waals surface area contributed by atoms with Gasteiger partial charge in [-0.2, -0.15) is 0 Å². The molecule has 0 unspecified atom stereocenters. The second-order valence-corrected chi connectivity index (χ2v) is 5.23. The van der Waals surface area contributed by atoms with Crippen molar-refractivity contribution >= 4 is 5.91 Å². The number of ether oxygens (including phenoxy) is 1. The molecule has 0 spiro atoms. The van der Waals surface area contributed by atoms with E-state index in [-0.39, 0.29) is 0 Å². The molecule has 0 bridgehead atoms. The van der Waals surface area contributed by atoms with Crippen LogP contribution in [-0.4, -0.2) is 31.0 Å². The molecule has 1 heterocycles. The van der Waals surface area contributed by atoms with E-state index in [0.717, 1.165) is 44.5 Å². The molecule has 2 aliphatic rings. The Bertz CT molecular complexity index is 466. The van der Waals surface area contributed by atoms with Gasteiger partial charge in [-0.15, -0.1) is 0 Å². The first-order valence-corrected chi connectivity index (χ1v) is 6.72. The van der Waals surface area contributed by atoms with Crippen molar-refractivity contribution in [3.63, 3.8) is 0 Å². The standard InChI is InChI=1S/C15H19NO2/c1-18-14-5-4-11-6-8-16(9-7-13(11)10-14)15(17)12-2-3-12/h4-5,10,12H,2-3,6-9H2,1H3. The Hall–Kier alpha value is -1.51. The largest absolute Gasteiger partial charge is 0.497 e. The van der Waals surface area contributed by atoms with E-state index in [9.17, 15) is 4.79 Å². The average Bonchev–Trinajstić information content (AvgIpc) is 3.23. The van der Waals surface area contributed by atoms with E-state index in [1.807, 2.05) is 11.0 Å². The Morgan fingerprint density at radius 1 is 1.22 bits per heavy atom. The fraction of sp³-hybridized carbons (Fsp3) is 0.533. The summed E-state index contributed by atoms with van der Waals surface area (Å²) in [5, 5.41) is 0. The van der Waals surface area contributed by atoms with Crippen LogP contribution in [0.4, 0.5) is 0 Å². The molecule has 1 aromatic rings. The van der Waals surface area contributed by atoms with E-state index in [1.165, 1.54) is 11.1 Å². The van der Waals surface area contributed by atoms with E-state index in [0.29, 0.717) is 11.8 Å². The molecular weight excluding hydrogens is 226 g/mol. The Morgan fingerprint density at radius 2 is 1.94 bits per heavy atom. The number of amides is 1. The van der Waals surface area contributed by atoms with E-state index in [4.69, 9.17) is 4.74 Å². The second-order valence-electron chi connectivity index (χ2n) is 5.23. The van der Waals surface area contributed by atoms with Gasteiger partial charge in [-0.3, -0.25) is 4.79 Å². The summed E-state index contributed by atoms with van der Waals surface area (Å²) in [7, 11) is 1.70. The summed E-state index contributed by atoms with van der Waals surface area (Å²) in [4.78, 5) is 14.1. The molecule has 0 saturated heterocycles. The summed E-state index contributed by atoms with van der Waals surface area (Å²) in [5.74, 6) is 1.62. The maximum Gasteiger partial charge on any atom is 0.225 e. The van der Waals surface area contributed by atoms with Crippen LogP contribution in [0, 0.1) is 5.92 Å². The van der Waals surface area contributed by atoms with Crippen molar-refractivity contribution < 1.29 is 9.53 Å². The van der Waals surface area contributed by atoms with E-state index in [2.05, 4.69) is 12.1 Å². The zero-order valence-electron chi connectivity index (χ0n) is 10.8. The fourth-order valence-corrected chi connectivity index (χ4v) is 2.64. The normalized spacial score (nSPS) is 19.1. The lowest BCUT2D eigenvalue weighted by molar-refractivity contribution is -0.132. The molecule has 3 rings (SSSR count). The lowest BCUT2D eigenvalue weighted by atomic mass is 10.0. The number of rotatable bonds is 2. The van der Waals surface area contributed by atoms with Crippen LogP contribution in [0.2, 0.25) is 0 Å². The molecule has 1 aromatic carbocycles. The van der Waals surface area contributed by atoms with Crippen molar-refractivity contribution in [2.45, 2.75) is 25.7 Å². The first-order valence-electron chi connectivity index (χ1n) is 6.72. The van der Waals surface area contributed by atoms with Crippen LogP contribution >= 0.6 is 0 Å². The predicted molar refractivity (Wildman–Crippen MR) is 69.7 cm³/mol. The number of fused-ring (bicyclic) bond motifs is 1. The first-order chi connectivity index (χ1) is 8.78. The number of nitrogens with zero attached hydrogens (tertiary/aromatic N) is 1. The monoisotopic (exact) mass is 245 g/mol. The van der Waals surface area contributed by atoms with Crippen molar-refractivity contribution in [2.75, 3.05) is 20.2 Å². The van der Waals surface area contributed by atoms with Crippen molar-refractivity contribution in [3.8, 4) is 5.75 Å². The van der Waals surface area contributed by atoms with Crippen molar-refractivity contribution in [3.05, 3.63) is 29.3 Å². The second kappa shape index (κ2) is 4.63. The maximum absolute atomic E-state index is 12.1. The molecule has 1 aliphatic carbocycles. The van der Waals surface area contributed by atoms with Gasteiger partial charge in [-0.1, -0.05) is 6.07 Å². The Morgan fingerprint density at radius 3 is 2.61 bits per heavy atom. The molecule has 1 amide bonds. The highest BCUT2D eigenvalue weighted by molar-refractivity contribution is 5.81. The molecule has 1 aliphatic heterocycles. The van der Waals surface area contributed by atoms with Crippen LogP contribution in [-0.2, 0) is 17.6 Å². The molecule has 1 saturated carbocycles. The predicted octanol–water partition coefficient (Wildman–Crippen LogP) is 2.03. The van der Waals surface area contributed by atoms with Gasteiger partial charge in [0.25, 0.3) is 0 Å². The zero-order valence-corrected chi connectivity index (χ0v) is 10.8. The summed E-state index contributed by atoms with van der Waals surface area (Å²) in [6.07, 6.45) is 4.11. The van der Waals surface area contributed by atoms with E-state index < -0.39 is 0 Å². The molecule has 3 heteroatoms. The highest BCUT2D eigenvalue weighted by Crippen LogP contribution is 2.32. The van der Waals surface area contributed by atoms with E-state index >= 15 is 0 Å². The Kier molecular flexibility index (Phi) is 2.98. The quantitative estimate of drug-likeness (QED) is 0.798. The highest BCUT2D eigenvalue weighted by atomic mass is 16.5. The highest BCUT2D eigenvalue weighted by Gasteiger charge is 2.33. The third kappa shape index (κ3) is 2.22. The lowest BCUT2D eigenvalue weighted by Crippen LogP contribution is -2.34. The molecule has 3 nitrogen and oxygen atoms in total. The summed E-state index contributed by atoms with van der Waals surface area (Å²) < 4.78 is 5.26. The van der Waals surface area contributed by atoms with Crippen LogP contribution in [0.1, 0.15) is 24.0 Å². The minimum absolute atomic E-state index is 0.334. The number of hydrogen-bond acceptors (Lipinski definition) is 2. The van der Waals surface area contributed by atoms with Crippen LogP contribution in [0.3, 0.4) is 0 Å². The number of hydrogen-bond donors (Lipinski definition) is 0. The summed E-state index contributed by atoms with van der Waals surface area (Å²) in [6, 6.07) is 6.26. The van der Waals surface area contributed by atoms with Gasteiger partial charge in [0, 0.05) is 19.0 Å². The SMILES string of the molecule is COc1ccc2c(c1)CCN(C(=O)C1CC1)CC2. The lowest BCUT2D eigenvalue weighted by Gasteiger charge is -2.19. The smallest absolute Gasteiger partial charge is 0.225 e. The van der Waals surface area contributed by atoms with Crippen LogP contribution in [0.25, 0.3) is 0 Å². The molecule has 0 radical (unpaired) electrons.